The molecule has 0 aliphatic heterocycles. The SMILES string of the molecule is CNc1ccc2nc(C(C)C)[nH]c2c1. The fourth-order valence-corrected chi connectivity index (χ4v) is 1.46. The standard InChI is InChI=1S/C11H15N3/c1-7(2)11-13-9-5-4-8(12-3)6-10(9)14-11/h4-7,12H,1-3H3,(H,13,14). The molecule has 0 fully saturated rings. The molecule has 74 valence electrons. The van der Waals surface area contributed by atoms with Gasteiger partial charge < -0.3 is 10.3 Å². The number of H-pyrrole nitrogens is 1. The highest BCUT2D eigenvalue weighted by Crippen LogP contribution is 2.19. The molecule has 1 aromatic carbocycles. The predicted molar refractivity (Wildman–Crippen MR) is 59.7 cm³/mol. The van der Waals surface area contributed by atoms with E-state index >= 15 is 0 Å². The van der Waals surface area contributed by atoms with Gasteiger partial charge in [-0.05, 0) is 18.2 Å². The molecule has 0 amide bonds. The Morgan fingerprint density at radius 3 is 2.79 bits per heavy atom. The van der Waals surface area contributed by atoms with Crippen molar-refractivity contribution >= 4 is 16.7 Å². The Morgan fingerprint density at radius 1 is 1.36 bits per heavy atom. The molecule has 0 radical (unpaired) electrons. The van der Waals surface area contributed by atoms with Crippen LogP contribution in [0.1, 0.15) is 25.6 Å². The van der Waals surface area contributed by atoms with Crippen LogP contribution in [0.4, 0.5) is 5.69 Å². The van der Waals surface area contributed by atoms with E-state index in [1.807, 2.05) is 19.2 Å². The zero-order valence-electron chi connectivity index (χ0n) is 8.76. The first-order valence-corrected chi connectivity index (χ1v) is 4.88. The molecule has 0 aliphatic rings. The van der Waals surface area contributed by atoms with Crippen LogP contribution in [0.5, 0.6) is 0 Å². The van der Waals surface area contributed by atoms with Crippen LogP contribution < -0.4 is 5.32 Å². The third-order valence-electron chi connectivity index (χ3n) is 2.34. The second kappa shape index (κ2) is 3.33. The zero-order chi connectivity index (χ0) is 10.1. The van der Waals surface area contributed by atoms with Gasteiger partial charge in [-0.25, -0.2) is 4.98 Å². The Balaban J connectivity index is 2.54. The number of aromatic nitrogens is 2. The van der Waals surface area contributed by atoms with E-state index in [1.165, 1.54) is 0 Å². The van der Waals surface area contributed by atoms with Crippen molar-refractivity contribution in [3.05, 3.63) is 24.0 Å². The van der Waals surface area contributed by atoms with Gasteiger partial charge in [0.25, 0.3) is 0 Å². The molecule has 14 heavy (non-hydrogen) atoms. The predicted octanol–water partition coefficient (Wildman–Crippen LogP) is 2.73. The minimum absolute atomic E-state index is 0.445. The fraction of sp³-hybridized carbons (Fsp3) is 0.364. The summed E-state index contributed by atoms with van der Waals surface area (Å²) in [5, 5.41) is 3.11. The third-order valence-corrected chi connectivity index (χ3v) is 2.34. The molecule has 0 saturated heterocycles. The van der Waals surface area contributed by atoms with E-state index in [1.54, 1.807) is 0 Å². The minimum atomic E-state index is 0.445. The Bertz CT molecular complexity index is 443. The number of imidazole rings is 1. The second-order valence-electron chi connectivity index (χ2n) is 3.76. The molecular weight excluding hydrogens is 174 g/mol. The molecule has 0 bridgehead atoms. The van der Waals surface area contributed by atoms with Gasteiger partial charge in [-0.3, -0.25) is 0 Å². The summed E-state index contributed by atoms with van der Waals surface area (Å²) in [6.45, 7) is 4.27. The molecule has 1 heterocycles. The molecule has 2 rings (SSSR count). The van der Waals surface area contributed by atoms with E-state index in [0.29, 0.717) is 5.92 Å². The van der Waals surface area contributed by atoms with E-state index in [0.717, 1.165) is 22.5 Å². The average Bonchev–Trinajstić information content (AvgIpc) is 2.59. The maximum absolute atomic E-state index is 4.50. The first kappa shape index (κ1) is 9.06. The summed E-state index contributed by atoms with van der Waals surface area (Å²) >= 11 is 0. The molecule has 0 aliphatic carbocycles. The van der Waals surface area contributed by atoms with Crippen molar-refractivity contribution in [2.45, 2.75) is 19.8 Å². The number of hydrogen-bond acceptors (Lipinski definition) is 2. The number of fused-ring (bicyclic) bond motifs is 1. The van der Waals surface area contributed by atoms with Crippen molar-refractivity contribution < 1.29 is 0 Å². The van der Waals surface area contributed by atoms with Gasteiger partial charge in [-0.15, -0.1) is 0 Å². The molecule has 1 aromatic heterocycles. The fourth-order valence-electron chi connectivity index (χ4n) is 1.46. The Hall–Kier alpha value is -1.51. The van der Waals surface area contributed by atoms with Crippen molar-refractivity contribution in [3.63, 3.8) is 0 Å². The summed E-state index contributed by atoms with van der Waals surface area (Å²) in [7, 11) is 1.92. The van der Waals surface area contributed by atoms with Crippen LogP contribution in [0.2, 0.25) is 0 Å². The van der Waals surface area contributed by atoms with Gasteiger partial charge in [0.15, 0.2) is 0 Å². The molecule has 0 unspecified atom stereocenters. The quantitative estimate of drug-likeness (QED) is 0.762. The lowest BCUT2D eigenvalue weighted by molar-refractivity contribution is 0.799. The number of rotatable bonds is 2. The van der Waals surface area contributed by atoms with E-state index in [4.69, 9.17) is 0 Å². The lowest BCUT2D eigenvalue weighted by Crippen LogP contribution is -1.88. The van der Waals surface area contributed by atoms with Gasteiger partial charge in [0.05, 0.1) is 11.0 Å². The van der Waals surface area contributed by atoms with E-state index in [-0.39, 0.29) is 0 Å². The molecule has 3 heteroatoms. The van der Waals surface area contributed by atoms with Gasteiger partial charge in [0.2, 0.25) is 0 Å². The zero-order valence-corrected chi connectivity index (χ0v) is 8.76. The first-order valence-electron chi connectivity index (χ1n) is 4.88. The second-order valence-corrected chi connectivity index (χ2v) is 3.76. The third kappa shape index (κ3) is 1.45. The van der Waals surface area contributed by atoms with Gasteiger partial charge >= 0.3 is 0 Å². The molecule has 0 saturated carbocycles. The maximum atomic E-state index is 4.50. The minimum Gasteiger partial charge on any atom is -0.388 e. The lowest BCUT2D eigenvalue weighted by Gasteiger charge is -1.97. The number of benzene rings is 1. The molecule has 2 aromatic rings. The summed E-state index contributed by atoms with van der Waals surface area (Å²) in [4.78, 5) is 7.82. The Kier molecular flexibility index (Phi) is 2.15. The number of aromatic amines is 1. The van der Waals surface area contributed by atoms with Crippen LogP contribution in [-0.4, -0.2) is 17.0 Å². The van der Waals surface area contributed by atoms with Gasteiger partial charge in [0.1, 0.15) is 5.82 Å². The smallest absolute Gasteiger partial charge is 0.109 e. The number of nitrogens with one attached hydrogen (secondary N) is 2. The van der Waals surface area contributed by atoms with E-state index in [9.17, 15) is 0 Å². The van der Waals surface area contributed by atoms with Gasteiger partial charge in [-0.2, -0.15) is 0 Å². The van der Waals surface area contributed by atoms with E-state index in [2.05, 4.69) is 35.2 Å². The number of nitrogens with zero attached hydrogens (tertiary/aromatic N) is 1. The number of anilines is 1. The van der Waals surface area contributed by atoms with Crippen molar-refractivity contribution in [1.82, 2.24) is 9.97 Å². The van der Waals surface area contributed by atoms with Crippen molar-refractivity contribution in [3.8, 4) is 0 Å². The summed E-state index contributed by atoms with van der Waals surface area (Å²) < 4.78 is 0. The maximum Gasteiger partial charge on any atom is 0.109 e. The molecule has 0 spiro atoms. The summed E-state index contributed by atoms with van der Waals surface area (Å²) in [5.41, 5.74) is 3.24. The summed E-state index contributed by atoms with van der Waals surface area (Å²) in [6, 6.07) is 6.14. The lowest BCUT2D eigenvalue weighted by atomic mass is 10.2. The molecular formula is C11H15N3. The van der Waals surface area contributed by atoms with Crippen LogP contribution in [-0.2, 0) is 0 Å². The largest absolute Gasteiger partial charge is 0.388 e. The Morgan fingerprint density at radius 2 is 2.14 bits per heavy atom. The highest BCUT2D eigenvalue weighted by Gasteiger charge is 2.05. The monoisotopic (exact) mass is 189 g/mol. The highest BCUT2D eigenvalue weighted by molar-refractivity contribution is 5.79. The van der Waals surface area contributed by atoms with Crippen molar-refractivity contribution in [1.29, 1.82) is 0 Å². The summed E-state index contributed by atoms with van der Waals surface area (Å²) in [5.74, 6) is 1.49. The first-order chi connectivity index (χ1) is 6.70. The average molecular weight is 189 g/mol. The van der Waals surface area contributed by atoms with Crippen LogP contribution >= 0.6 is 0 Å². The van der Waals surface area contributed by atoms with Crippen LogP contribution in [0.15, 0.2) is 18.2 Å². The van der Waals surface area contributed by atoms with E-state index < -0.39 is 0 Å². The molecule has 3 nitrogen and oxygen atoms in total. The summed E-state index contributed by atoms with van der Waals surface area (Å²) in [6.07, 6.45) is 0. The Labute approximate surface area is 83.6 Å². The van der Waals surface area contributed by atoms with Gasteiger partial charge in [-0.1, -0.05) is 13.8 Å². The van der Waals surface area contributed by atoms with Crippen LogP contribution in [0, 0.1) is 0 Å². The van der Waals surface area contributed by atoms with Gasteiger partial charge in [0, 0.05) is 18.7 Å². The molecule has 0 atom stereocenters. The molecule has 2 N–H and O–H groups in total. The van der Waals surface area contributed by atoms with Crippen LogP contribution in [0.3, 0.4) is 0 Å². The van der Waals surface area contributed by atoms with Crippen molar-refractivity contribution in [2.75, 3.05) is 12.4 Å². The number of hydrogen-bond donors (Lipinski definition) is 2. The normalized spacial score (nSPS) is 11.1. The highest BCUT2D eigenvalue weighted by atomic mass is 14.9. The topological polar surface area (TPSA) is 40.7 Å². The van der Waals surface area contributed by atoms with Crippen molar-refractivity contribution in [2.24, 2.45) is 0 Å². The van der Waals surface area contributed by atoms with Crippen LogP contribution in [0.25, 0.3) is 11.0 Å².